The quantitative estimate of drug-likeness (QED) is 0.754. The molecule has 0 aliphatic rings. The van der Waals surface area contributed by atoms with Crippen molar-refractivity contribution in [3.05, 3.63) is 64.7 Å². The van der Waals surface area contributed by atoms with E-state index >= 15 is 0 Å². The lowest BCUT2D eigenvalue weighted by molar-refractivity contribution is 0.101. The standard InChI is InChI=1S/C18H20O2/c1-4-15-6-5-7-16(11-15)12-20-17-8-9-18(14(3)19)13(2)10-17/h5-11H,4,12H2,1-3H3. The van der Waals surface area contributed by atoms with E-state index in [0.29, 0.717) is 6.61 Å². The van der Waals surface area contributed by atoms with Gasteiger partial charge in [-0.15, -0.1) is 0 Å². The van der Waals surface area contributed by atoms with Crippen molar-refractivity contribution in [2.24, 2.45) is 0 Å². The Morgan fingerprint density at radius 3 is 2.50 bits per heavy atom. The van der Waals surface area contributed by atoms with Gasteiger partial charge in [-0.3, -0.25) is 4.79 Å². The summed E-state index contributed by atoms with van der Waals surface area (Å²) in [6.07, 6.45) is 1.03. The highest BCUT2D eigenvalue weighted by Gasteiger charge is 2.05. The van der Waals surface area contributed by atoms with Crippen LogP contribution in [0.5, 0.6) is 5.75 Å². The molecule has 0 aliphatic heterocycles. The molecule has 0 heterocycles. The van der Waals surface area contributed by atoms with E-state index in [0.717, 1.165) is 28.9 Å². The second-order valence-electron chi connectivity index (χ2n) is 5.00. The molecular weight excluding hydrogens is 248 g/mol. The van der Waals surface area contributed by atoms with E-state index in [2.05, 4.69) is 31.2 Å². The number of ether oxygens (including phenoxy) is 1. The van der Waals surface area contributed by atoms with Crippen molar-refractivity contribution in [3.8, 4) is 5.75 Å². The summed E-state index contributed by atoms with van der Waals surface area (Å²) in [7, 11) is 0. The Morgan fingerprint density at radius 2 is 1.85 bits per heavy atom. The largest absolute Gasteiger partial charge is 0.489 e. The van der Waals surface area contributed by atoms with Gasteiger partial charge in [0.2, 0.25) is 0 Å². The first-order chi connectivity index (χ1) is 9.60. The summed E-state index contributed by atoms with van der Waals surface area (Å²) in [6.45, 7) is 6.21. The maximum atomic E-state index is 11.4. The van der Waals surface area contributed by atoms with Gasteiger partial charge in [-0.25, -0.2) is 0 Å². The zero-order valence-corrected chi connectivity index (χ0v) is 12.3. The van der Waals surface area contributed by atoms with Gasteiger partial charge in [-0.1, -0.05) is 31.2 Å². The second kappa shape index (κ2) is 6.38. The number of aryl methyl sites for hydroxylation is 2. The minimum atomic E-state index is 0.0877. The van der Waals surface area contributed by atoms with Gasteiger partial charge >= 0.3 is 0 Å². The van der Waals surface area contributed by atoms with Crippen molar-refractivity contribution in [1.29, 1.82) is 0 Å². The fraction of sp³-hybridized carbons (Fsp3) is 0.278. The number of Topliss-reactive ketones (excluding diaryl/α,β-unsaturated/α-hetero) is 1. The molecule has 0 unspecified atom stereocenters. The zero-order valence-electron chi connectivity index (χ0n) is 12.3. The molecule has 0 radical (unpaired) electrons. The van der Waals surface area contributed by atoms with Crippen LogP contribution in [-0.4, -0.2) is 5.78 Å². The number of benzene rings is 2. The predicted molar refractivity (Wildman–Crippen MR) is 81.3 cm³/mol. The minimum absolute atomic E-state index is 0.0877. The van der Waals surface area contributed by atoms with Crippen molar-refractivity contribution < 1.29 is 9.53 Å². The third kappa shape index (κ3) is 3.47. The van der Waals surface area contributed by atoms with Crippen LogP contribution in [0.1, 0.15) is 40.9 Å². The Labute approximate surface area is 120 Å². The fourth-order valence-corrected chi connectivity index (χ4v) is 2.23. The topological polar surface area (TPSA) is 26.3 Å². The summed E-state index contributed by atoms with van der Waals surface area (Å²) in [4.78, 5) is 11.4. The van der Waals surface area contributed by atoms with Crippen molar-refractivity contribution in [3.63, 3.8) is 0 Å². The van der Waals surface area contributed by atoms with E-state index in [4.69, 9.17) is 4.74 Å². The Balaban J connectivity index is 2.07. The average molecular weight is 268 g/mol. The summed E-state index contributed by atoms with van der Waals surface area (Å²) in [5.41, 5.74) is 4.19. The molecule has 104 valence electrons. The molecule has 0 spiro atoms. The van der Waals surface area contributed by atoms with Crippen LogP contribution in [0.2, 0.25) is 0 Å². The highest BCUT2D eigenvalue weighted by Crippen LogP contribution is 2.19. The van der Waals surface area contributed by atoms with Gasteiger partial charge in [0.1, 0.15) is 12.4 Å². The molecule has 2 aromatic carbocycles. The van der Waals surface area contributed by atoms with Gasteiger partial charge < -0.3 is 4.74 Å². The van der Waals surface area contributed by atoms with Gasteiger partial charge in [-0.05, 0) is 55.2 Å². The van der Waals surface area contributed by atoms with Crippen molar-refractivity contribution in [1.82, 2.24) is 0 Å². The molecule has 2 nitrogen and oxygen atoms in total. The number of ketones is 1. The van der Waals surface area contributed by atoms with Gasteiger partial charge in [0.15, 0.2) is 5.78 Å². The number of hydrogen-bond donors (Lipinski definition) is 0. The fourth-order valence-electron chi connectivity index (χ4n) is 2.23. The molecule has 0 atom stereocenters. The molecule has 2 rings (SSSR count). The van der Waals surface area contributed by atoms with Crippen LogP contribution in [0.25, 0.3) is 0 Å². The molecule has 2 heteroatoms. The van der Waals surface area contributed by atoms with E-state index in [9.17, 15) is 4.79 Å². The molecule has 20 heavy (non-hydrogen) atoms. The van der Waals surface area contributed by atoms with Crippen LogP contribution in [0.4, 0.5) is 0 Å². The molecular formula is C18H20O2. The smallest absolute Gasteiger partial charge is 0.160 e. The van der Waals surface area contributed by atoms with Gasteiger partial charge in [0.05, 0.1) is 0 Å². The Hall–Kier alpha value is -2.09. The van der Waals surface area contributed by atoms with Crippen molar-refractivity contribution in [2.75, 3.05) is 0 Å². The first-order valence-electron chi connectivity index (χ1n) is 6.92. The normalized spacial score (nSPS) is 10.3. The first-order valence-corrected chi connectivity index (χ1v) is 6.92. The van der Waals surface area contributed by atoms with E-state index in [1.54, 1.807) is 6.92 Å². The van der Waals surface area contributed by atoms with Crippen LogP contribution >= 0.6 is 0 Å². The maximum absolute atomic E-state index is 11.4. The summed E-state index contributed by atoms with van der Waals surface area (Å²) < 4.78 is 5.80. The summed E-state index contributed by atoms with van der Waals surface area (Å²) in [5.74, 6) is 0.888. The number of hydrogen-bond acceptors (Lipinski definition) is 2. The van der Waals surface area contributed by atoms with Crippen LogP contribution in [0.3, 0.4) is 0 Å². The summed E-state index contributed by atoms with van der Waals surface area (Å²) in [5, 5.41) is 0. The molecule has 0 saturated carbocycles. The van der Waals surface area contributed by atoms with Crippen molar-refractivity contribution >= 4 is 5.78 Å². The maximum Gasteiger partial charge on any atom is 0.160 e. The Morgan fingerprint density at radius 1 is 1.10 bits per heavy atom. The van der Waals surface area contributed by atoms with Crippen LogP contribution < -0.4 is 4.74 Å². The highest BCUT2D eigenvalue weighted by molar-refractivity contribution is 5.95. The van der Waals surface area contributed by atoms with Crippen LogP contribution in [-0.2, 0) is 13.0 Å². The van der Waals surface area contributed by atoms with Crippen molar-refractivity contribution in [2.45, 2.75) is 33.8 Å². The highest BCUT2D eigenvalue weighted by atomic mass is 16.5. The predicted octanol–water partition coefficient (Wildman–Crippen LogP) is 4.34. The molecule has 0 aliphatic carbocycles. The zero-order chi connectivity index (χ0) is 14.5. The third-order valence-electron chi connectivity index (χ3n) is 3.38. The van der Waals surface area contributed by atoms with Gasteiger partial charge in [-0.2, -0.15) is 0 Å². The number of carbonyl (C=O) groups excluding carboxylic acids is 1. The summed E-state index contributed by atoms with van der Waals surface area (Å²) in [6, 6.07) is 14.0. The minimum Gasteiger partial charge on any atom is -0.489 e. The van der Waals surface area contributed by atoms with Crippen LogP contribution in [0, 0.1) is 6.92 Å². The monoisotopic (exact) mass is 268 g/mol. The first kappa shape index (κ1) is 14.3. The van der Waals surface area contributed by atoms with E-state index in [1.165, 1.54) is 5.56 Å². The number of carbonyl (C=O) groups is 1. The number of rotatable bonds is 5. The average Bonchev–Trinajstić information content (AvgIpc) is 2.45. The summed E-state index contributed by atoms with van der Waals surface area (Å²) >= 11 is 0. The molecule has 0 fully saturated rings. The molecule has 0 bridgehead atoms. The lowest BCUT2D eigenvalue weighted by Crippen LogP contribution is -1.99. The lowest BCUT2D eigenvalue weighted by Gasteiger charge is -2.09. The van der Waals surface area contributed by atoms with Gasteiger partial charge in [0.25, 0.3) is 0 Å². The van der Waals surface area contributed by atoms with Crippen LogP contribution in [0.15, 0.2) is 42.5 Å². The van der Waals surface area contributed by atoms with E-state index in [1.807, 2.05) is 25.1 Å². The molecule has 0 N–H and O–H groups in total. The molecule has 2 aromatic rings. The second-order valence-corrected chi connectivity index (χ2v) is 5.00. The Kier molecular flexibility index (Phi) is 4.57. The van der Waals surface area contributed by atoms with E-state index in [-0.39, 0.29) is 5.78 Å². The van der Waals surface area contributed by atoms with E-state index < -0.39 is 0 Å². The third-order valence-corrected chi connectivity index (χ3v) is 3.38. The SMILES string of the molecule is CCc1cccc(COc2ccc(C(C)=O)c(C)c2)c1. The molecule has 0 amide bonds. The van der Waals surface area contributed by atoms with Gasteiger partial charge in [0, 0.05) is 5.56 Å². The lowest BCUT2D eigenvalue weighted by atomic mass is 10.1. The molecule has 0 saturated heterocycles. The molecule has 0 aromatic heterocycles. The Bertz CT molecular complexity index is 615.